The molecule has 0 aliphatic heterocycles. The van der Waals surface area contributed by atoms with E-state index in [1.54, 1.807) is 0 Å². The third-order valence-corrected chi connectivity index (χ3v) is 2.86. The fourth-order valence-corrected chi connectivity index (χ4v) is 1.65. The molecule has 0 unspecified atom stereocenters. The molecule has 90 valence electrons. The Morgan fingerprint density at radius 2 is 1.65 bits per heavy atom. The number of aliphatic hydroxyl groups is 2. The third kappa shape index (κ3) is 6.50. The summed E-state index contributed by atoms with van der Waals surface area (Å²) in [6, 6.07) is 3.03. The van der Waals surface area contributed by atoms with Gasteiger partial charge in [0.25, 0.3) is 0 Å². The van der Waals surface area contributed by atoms with Gasteiger partial charge >= 0.3 is 29.6 Å². The summed E-state index contributed by atoms with van der Waals surface area (Å²) in [7, 11) is 0. The van der Waals surface area contributed by atoms with Crippen LogP contribution >= 0.6 is 34.8 Å². The van der Waals surface area contributed by atoms with Gasteiger partial charge in [0.15, 0.2) is 6.29 Å². The minimum Gasteiger partial charge on any atom is -0.492 e. The van der Waals surface area contributed by atoms with Gasteiger partial charge in [-0.25, -0.2) is 0 Å². The summed E-state index contributed by atoms with van der Waals surface area (Å²) in [6.45, 7) is 0.329. The summed E-state index contributed by atoms with van der Waals surface area (Å²) in [5, 5.41) is 18.3. The fourth-order valence-electron chi connectivity index (χ4n) is 1.06. The zero-order chi connectivity index (χ0) is 12.1. The number of aliphatic hydroxyl groups excluding tert-OH is 1. The minimum atomic E-state index is -1.31. The minimum absolute atomic E-state index is 0. The van der Waals surface area contributed by atoms with E-state index in [2.05, 4.69) is 0 Å². The largest absolute Gasteiger partial charge is 1.00 e. The van der Waals surface area contributed by atoms with Crippen LogP contribution in [0, 0.1) is 0 Å². The Labute approximate surface area is 137 Å². The summed E-state index contributed by atoms with van der Waals surface area (Å²) >= 11 is 17.4. The summed E-state index contributed by atoms with van der Waals surface area (Å²) in [4.78, 5) is 0. The quantitative estimate of drug-likeness (QED) is 0.352. The molecule has 7 heteroatoms. The van der Waals surface area contributed by atoms with Crippen molar-refractivity contribution in [1.82, 2.24) is 0 Å². The van der Waals surface area contributed by atoms with Crippen LogP contribution in [0.5, 0.6) is 5.75 Å². The molecule has 0 radical (unpaired) electrons. The predicted molar refractivity (Wildman–Crippen MR) is 64.4 cm³/mol. The van der Waals surface area contributed by atoms with Gasteiger partial charge in [0.05, 0.1) is 21.7 Å². The third-order valence-electron chi connectivity index (χ3n) is 1.84. The maximum Gasteiger partial charge on any atom is 1.00 e. The SMILES string of the molecule is OC(O)CCCOc1cc(Cl)c(Cl)cc1Cl.[Na+]. The van der Waals surface area contributed by atoms with Crippen molar-refractivity contribution in [1.29, 1.82) is 0 Å². The number of hydrogen-bond acceptors (Lipinski definition) is 3. The van der Waals surface area contributed by atoms with Crippen LogP contribution in [0.1, 0.15) is 12.8 Å². The van der Waals surface area contributed by atoms with Gasteiger partial charge in [-0.05, 0) is 12.5 Å². The molecule has 17 heavy (non-hydrogen) atoms. The first-order chi connectivity index (χ1) is 7.50. The summed E-state index contributed by atoms with van der Waals surface area (Å²) in [5.74, 6) is 0.434. The fraction of sp³-hybridized carbons (Fsp3) is 0.400. The molecule has 0 saturated carbocycles. The maximum atomic E-state index is 8.62. The van der Waals surface area contributed by atoms with E-state index in [0.29, 0.717) is 33.8 Å². The van der Waals surface area contributed by atoms with E-state index in [1.165, 1.54) is 12.1 Å². The number of ether oxygens (including phenoxy) is 1. The van der Waals surface area contributed by atoms with Gasteiger partial charge in [-0.2, -0.15) is 0 Å². The maximum absolute atomic E-state index is 8.62. The summed E-state index contributed by atoms with van der Waals surface area (Å²) in [6.07, 6.45) is -0.555. The van der Waals surface area contributed by atoms with Crippen LogP contribution in [0.4, 0.5) is 0 Å². The molecule has 0 fully saturated rings. The van der Waals surface area contributed by atoms with E-state index < -0.39 is 6.29 Å². The van der Waals surface area contributed by atoms with Gasteiger partial charge < -0.3 is 14.9 Å². The molecule has 0 spiro atoms. The molecule has 0 heterocycles. The standard InChI is InChI=1S/C10H11Cl3O3.Na/c11-6-4-8(13)9(5-7(6)12)16-3-1-2-10(14)15;/h4-5,10,14-15H,1-3H2;/q;+1. The van der Waals surface area contributed by atoms with Crippen molar-refractivity contribution in [2.45, 2.75) is 19.1 Å². The molecule has 0 saturated heterocycles. The van der Waals surface area contributed by atoms with Crippen LogP contribution < -0.4 is 34.3 Å². The second-order valence-electron chi connectivity index (χ2n) is 3.17. The van der Waals surface area contributed by atoms with Gasteiger partial charge in [0.1, 0.15) is 5.75 Å². The predicted octanol–water partition coefficient (Wildman–Crippen LogP) is 0.121. The van der Waals surface area contributed by atoms with Crippen molar-refractivity contribution in [2.24, 2.45) is 0 Å². The second-order valence-corrected chi connectivity index (χ2v) is 4.39. The normalized spacial score (nSPS) is 10.2. The molecule has 0 aromatic heterocycles. The molecule has 0 aliphatic rings. The van der Waals surface area contributed by atoms with Gasteiger partial charge in [0.2, 0.25) is 0 Å². The molecule has 1 rings (SSSR count). The van der Waals surface area contributed by atoms with E-state index in [1.807, 2.05) is 0 Å². The molecule has 0 atom stereocenters. The Bertz CT molecular complexity index is 361. The Morgan fingerprint density at radius 1 is 1.06 bits per heavy atom. The Balaban J connectivity index is 0.00000256. The van der Waals surface area contributed by atoms with Crippen LogP contribution in [-0.4, -0.2) is 23.1 Å². The first-order valence-electron chi connectivity index (χ1n) is 4.64. The van der Waals surface area contributed by atoms with E-state index in [0.717, 1.165) is 0 Å². The van der Waals surface area contributed by atoms with Gasteiger partial charge in [-0.3, -0.25) is 0 Å². The van der Waals surface area contributed by atoms with Crippen LogP contribution in [0.3, 0.4) is 0 Å². The van der Waals surface area contributed by atoms with E-state index >= 15 is 0 Å². The smallest absolute Gasteiger partial charge is 0.492 e. The molecule has 1 aromatic carbocycles. The van der Waals surface area contributed by atoms with E-state index in [-0.39, 0.29) is 36.0 Å². The monoisotopic (exact) mass is 307 g/mol. The summed E-state index contributed by atoms with van der Waals surface area (Å²) in [5.41, 5.74) is 0. The molecule has 0 aliphatic carbocycles. The Morgan fingerprint density at radius 3 is 2.24 bits per heavy atom. The Kier molecular flexibility index (Phi) is 9.25. The van der Waals surface area contributed by atoms with Gasteiger partial charge in [-0.15, -0.1) is 0 Å². The number of rotatable bonds is 5. The number of halogens is 3. The van der Waals surface area contributed by atoms with E-state index in [9.17, 15) is 0 Å². The zero-order valence-electron chi connectivity index (χ0n) is 9.29. The topological polar surface area (TPSA) is 49.7 Å². The van der Waals surface area contributed by atoms with Crippen molar-refractivity contribution in [2.75, 3.05) is 6.61 Å². The van der Waals surface area contributed by atoms with Crippen molar-refractivity contribution in [3.63, 3.8) is 0 Å². The van der Waals surface area contributed by atoms with Crippen molar-refractivity contribution < 1.29 is 44.5 Å². The molecule has 0 bridgehead atoms. The average molecular weight is 309 g/mol. The van der Waals surface area contributed by atoms with Crippen LogP contribution in [0.25, 0.3) is 0 Å². The van der Waals surface area contributed by atoms with Crippen molar-refractivity contribution >= 4 is 34.8 Å². The summed E-state index contributed by atoms with van der Waals surface area (Å²) < 4.78 is 5.33. The van der Waals surface area contributed by atoms with Crippen molar-refractivity contribution in [3.05, 3.63) is 27.2 Å². The Hall–Kier alpha value is 0.810. The molecular formula is C10H11Cl3NaO3+. The second kappa shape index (κ2) is 8.83. The number of hydrogen-bond donors (Lipinski definition) is 2. The first-order valence-corrected chi connectivity index (χ1v) is 5.77. The van der Waals surface area contributed by atoms with Crippen LogP contribution in [0.2, 0.25) is 15.1 Å². The zero-order valence-corrected chi connectivity index (χ0v) is 13.6. The molecule has 3 nitrogen and oxygen atoms in total. The van der Waals surface area contributed by atoms with E-state index in [4.69, 9.17) is 49.8 Å². The van der Waals surface area contributed by atoms with Crippen LogP contribution in [0.15, 0.2) is 12.1 Å². The average Bonchev–Trinajstić information content (AvgIpc) is 2.19. The molecular weight excluding hydrogens is 297 g/mol. The molecule has 0 amide bonds. The van der Waals surface area contributed by atoms with Crippen LogP contribution in [-0.2, 0) is 0 Å². The molecule has 2 N–H and O–H groups in total. The molecule has 1 aromatic rings. The number of benzene rings is 1. The van der Waals surface area contributed by atoms with Crippen molar-refractivity contribution in [3.8, 4) is 5.75 Å². The van der Waals surface area contributed by atoms with Gasteiger partial charge in [0, 0.05) is 12.5 Å². The first kappa shape index (κ1) is 17.8. The van der Waals surface area contributed by atoms with Gasteiger partial charge in [-0.1, -0.05) is 34.8 Å².